The lowest BCUT2D eigenvalue weighted by molar-refractivity contribution is 0.0690. The normalized spacial score (nSPS) is 30.5. The van der Waals surface area contributed by atoms with Crippen LogP contribution in [-0.4, -0.2) is 27.1 Å². The summed E-state index contributed by atoms with van der Waals surface area (Å²) in [6.07, 6.45) is 8.00. The molecule has 0 aliphatic heterocycles. The molecule has 2 fully saturated rings. The van der Waals surface area contributed by atoms with E-state index in [1.807, 2.05) is 0 Å². The molecule has 1 aromatic rings. The van der Waals surface area contributed by atoms with Crippen molar-refractivity contribution in [3.8, 4) is 0 Å². The average Bonchev–Trinajstić information content (AvgIpc) is 2.91. The number of carboxylic acid groups (broad SMARTS) is 1. The Hall–Kier alpha value is -1.65. The van der Waals surface area contributed by atoms with Gasteiger partial charge in [0.05, 0.1) is 12.4 Å². The average molecular weight is 233 g/mol. The highest BCUT2D eigenvalue weighted by atomic mass is 16.4. The molecule has 2 N–H and O–H groups in total. The number of aromatic nitrogens is 2. The summed E-state index contributed by atoms with van der Waals surface area (Å²) in [4.78, 5) is 18.7. The fraction of sp³-hybridized carbons (Fsp3) is 0.583. The number of nitrogens with zero attached hydrogens (tertiary/aromatic N) is 2. The Morgan fingerprint density at radius 2 is 2.24 bits per heavy atom. The van der Waals surface area contributed by atoms with E-state index in [-0.39, 0.29) is 5.69 Å². The number of fused-ring (bicyclic) bond motifs is 2. The SMILES string of the molecule is O=C(O)c1cncc(NC2CC3CCC2C3)n1. The first-order valence-corrected chi connectivity index (χ1v) is 6.04. The van der Waals surface area contributed by atoms with Gasteiger partial charge in [0, 0.05) is 6.04 Å². The maximum Gasteiger partial charge on any atom is 0.356 e. The Kier molecular flexibility index (Phi) is 2.46. The van der Waals surface area contributed by atoms with Crippen LogP contribution < -0.4 is 5.32 Å². The van der Waals surface area contributed by atoms with E-state index in [0.29, 0.717) is 11.9 Å². The second-order valence-corrected chi connectivity index (χ2v) is 5.02. The second kappa shape index (κ2) is 3.98. The van der Waals surface area contributed by atoms with Crippen molar-refractivity contribution in [1.29, 1.82) is 0 Å². The van der Waals surface area contributed by atoms with Crippen LogP contribution in [0.25, 0.3) is 0 Å². The highest BCUT2D eigenvalue weighted by molar-refractivity contribution is 5.85. The van der Waals surface area contributed by atoms with Crippen molar-refractivity contribution in [1.82, 2.24) is 9.97 Å². The molecule has 2 aliphatic rings. The predicted octanol–water partition coefficient (Wildman–Crippen LogP) is 1.78. The first kappa shape index (κ1) is 10.5. The van der Waals surface area contributed by atoms with Gasteiger partial charge in [-0.1, -0.05) is 6.42 Å². The molecule has 2 saturated carbocycles. The van der Waals surface area contributed by atoms with Crippen LogP contribution >= 0.6 is 0 Å². The van der Waals surface area contributed by atoms with Crippen LogP contribution in [0.1, 0.15) is 36.2 Å². The smallest absolute Gasteiger partial charge is 0.356 e. The molecular formula is C12H15N3O2. The Morgan fingerprint density at radius 3 is 2.88 bits per heavy atom. The van der Waals surface area contributed by atoms with Gasteiger partial charge in [0.2, 0.25) is 0 Å². The van der Waals surface area contributed by atoms with Gasteiger partial charge in [-0.2, -0.15) is 0 Å². The van der Waals surface area contributed by atoms with Gasteiger partial charge in [-0.25, -0.2) is 9.78 Å². The minimum Gasteiger partial charge on any atom is -0.476 e. The maximum absolute atomic E-state index is 10.8. The van der Waals surface area contributed by atoms with Crippen molar-refractivity contribution in [2.75, 3.05) is 5.32 Å². The van der Waals surface area contributed by atoms with E-state index >= 15 is 0 Å². The van der Waals surface area contributed by atoms with Crippen LogP contribution in [0.4, 0.5) is 5.82 Å². The molecule has 1 heterocycles. The molecule has 1 aromatic heterocycles. The zero-order valence-corrected chi connectivity index (χ0v) is 9.47. The van der Waals surface area contributed by atoms with Crippen LogP contribution in [0.2, 0.25) is 0 Å². The first-order chi connectivity index (χ1) is 8.22. The topological polar surface area (TPSA) is 75.1 Å². The number of carbonyl (C=O) groups is 1. The second-order valence-electron chi connectivity index (χ2n) is 5.02. The van der Waals surface area contributed by atoms with Gasteiger partial charge < -0.3 is 10.4 Å². The summed E-state index contributed by atoms with van der Waals surface area (Å²) in [6, 6.07) is 0.451. The number of anilines is 1. The molecule has 5 heteroatoms. The molecule has 0 amide bonds. The number of rotatable bonds is 3. The highest BCUT2D eigenvalue weighted by Crippen LogP contribution is 2.45. The molecule has 3 rings (SSSR count). The number of hydrogen-bond acceptors (Lipinski definition) is 4. The Morgan fingerprint density at radius 1 is 1.35 bits per heavy atom. The summed E-state index contributed by atoms with van der Waals surface area (Å²) >= 11 is 0. The van der Waals surface area contributed by atoms with Gasteiger partial charge in [-0.15, -0.1) is 0 Å². The summed E-state index contributed by atoms with van der Waals surface area (Å²) in [5, 5.41) is 12.2. The fourth-order valence-corrected chi connectivity index (χ4v) is 3.15. The van der Waals surface area contributed by atoms with Crippen LogP contribution in [0, 0.1) is 11.8 Å². The summed E-state index contributed by atoms with van der Waals surface area (Å²) in [7, 11) is 0. The molecular weight excluding hydrogens is 218 g/mol. The molecule has 3 unspecified atom stereocenters. The highest BCUT2D eigenvalue weighted by Gasteiger charge is 2.39. The van der Waals surface area contributed by atoms with E-state index in [1.165, 1.54) is 31.9 Å². The largest absolute Gasteiger partial charge is 0.476 e. The first-order valence-electron chi connectivity index (χ1n) is 6.04. The van der Waals surface area contributed by atoms with Crippen LogP contribution in [-0.2, 0) is 0 Å². The molecule has 0 saturated heterocycles. The lowest BCUT2D eigenvalue weighted by Crippen LogP contribution is -2.26. The molecule has 5 nitrogen and oxygen atoms in total. The fourth-order valence-electron chi connectivity index (χ4n) is 3.15. The van der Waals surface area contributed by atoms with Crippen LogP contribution in [0.15, 0.2) is 12.4 Å². The third-order valence-electron chi connectivity index (χ3n) is 3.93. The molecule has 90 valence electrons. The van der Waals surface area contributed by atoms with Gasteiger partial charge >= 0.3 is 5.97 Å². The van der Waals surface area contributed by atoms with Gasteiger partial charge in [0.15, 0.2) is 5.69 Å². The zero-order chi connectivity index (χ0) is 11.8. The zero-order valence-electron chi connectivity index (χ0n) is 9.47. The van der Waals surface area contributed by atoms with Gasteiger partial charge in [0.25, 0.3) is 0 Å². The lowest BCUT2D eigenvalue weighted by atomic mass is 9.95. The third kappa shape index (κ3) is 1.97. The van der Waals surface area contributed by atoms with Crippen LogP contribution in [0.3, 0.4) is 0 Å². The van der Waals surface area contributed by atoms with E-state index in [1.54, 1.807) is 6.20 Å². The number of aromatic carboxylic acids is 1. The monoisotopic (exact) mass is 233 g/mol. The van der Waals surface area contributed by atoms with Crippen molar-refractivity contribution in [2.24, 2.45) is 11.8 Å². The third-order valence-corrected chi connectivity index (χ3v) is 3.93. The quantitative estimate of drug-likeness (QED) is 0.832. The summed E-state index contributed by atoms with van der Waals surface area (Å²) in [6.45, 7) is 0. The van der Waals surface area contributed by atoms with E-state index < -0.39 is 5.97 Å². The molecule has 2 aliphatic carbocycles. The van der Waals surface area contributed by atoms with Gasteiger partial charge in [-0.3, -0.25) is 4.98 Å². The Bertz CT molecular complexity index is 449. The molecule has 2 bridgehead atoms. The van der Waals surface area contributed by atoms with Gasteiger partial charge in [0.1, 0.15) is 5.82 Å². The number of carboxylic acids is 1. The predicted molar refractivity (Wildman–Crippen MR) is 61.9 cm³/mol. The van der Waals surface area contributed by atoms with E-state index in [9.17, 15) is 4.79 Å². The van der Waals surface area contributed by atoms with E-state index in [2.05, 4.69) is 15.3 Å². The number of hydrogen-bond donors (Lipinski definition) is 2. The minimum atomic E-state index is -1.03. The van der Waals surface area contributed by atoms with Gasteiger partial charge in [-0.05, 0) is 31.1 Å². The Labute approximate surface area is 99.3 Å². The standard InChI is InChI=1S/C12H15N3O2/c16-12(17)10-5-13-6-11(15-10)14-9-4-7-1-2-8(9)3-7/h5-9H,1-4H2,(H,14,15)(H,16,17). The Balaban J connectivity index is 1.73. The van der Waals surface area contributed by atoms with Crippen molar-refractivity contribution < 1.29 is 9.90 Å². The summed E-state index contributed by atoms with van der Waals surface area (Å²) < 4.78 is 0. The summed E-state index contributed by atoms with van der Waals surface area (Å²) in [5.74, 6) is 1.14. The summed E-state index contributed by atoms with van der Waals surface area (Å²) in [5.41, 5.74) is -0.00171. The minimum absolute atomic E-state index is 0.00171. The van der Waals surface area contributed by atoms with E-state index in [4.69, 9.17) is 5.11 Å². The maximum atomic E-state index is 10.8. The van der Waals surface area contributed by atoms with Crippen molar-refractivity contribution >= 4 is 11.8 Å². The van der Waals surface area contributed by atoms with Crippen molar-refractivity contribution in [3.05, 3.63) is 18.1 Å². The molecule has 0 radical (unpaired) electrons. The van der Waals surface area contributed by atoms with Crippen molar-refractivity contribution in [2.45, 2.75) is 31.7 Å². The van der Waals surface area contributed by atoms with Crippen LogP contribution in [0.5, 0.6) is 0 Å². The molecule has 17 heavy (non-hydrogen) atoms. The van der Waals surface area contributed by atoms with E-state index in [0.717, 1.165) is 11.8 Å². The molecule has 0 spiro atoms. The molecule has 0 aromatic carbocycles. The molecule has 3 atom stereocenters. The van der Waals surface area contributed by atoms with Crippen molar-refractivity contribution in [3.63, 3.8) is 0 Å². The lowest BCUT2D eigenvalue weighted by Gasteiger charge is -2.23. The number of nitrogens with one attached hydrogen (secondary N) is 1.